The van der Waals surface area contributed by atoms with Crippen molar-refractivity contribution >= 4 is 0 Å². The van der Waals surface area contributed by atoms with Gasteiger partial charge in [-0.3, -0.25) is 0 Å². The lowest BCUT2D eigenvalue weighted by Gasteiger charge is -2.02. The molecule has 0 radical (unpaired) electrons. The molecule has 0 bridgehead atoms. The fraction of sp³-hybridized carbons (Fsp3) is 0.500. The quantitative estimate of drug-likeness (QED) is 0.833. The Bertz CT molecular complexity index is 459. The van der Waals surface area contributed by atoms with Gasteiger partial charge in [0.2, 0.25) is 0 Å². The maximum absolute atomic E-state index is 5.12. The molecular weight excluding hydrogens is 206 g/mol. The van der Waals surface area contributed by atoms with E-state index in [0.29, 0.717) is 30.0 Å². The Morgan fingerprint density at radius 1 is 1.50 bits per heavy atom. The van der Waals surface area contributed by atoms with Gasteiger partial charge in [-0.05, 0) is 0 Å². The molecule has 0 aliphatic heterocycles. The van der Waals surface area contributed by atoms with Gasteiger partial charge in [-0.1, -0.05) is 19.0 Å². The van der Waals surface area contributed by atoms with Gasteiger partial charge in [0.1, 0.15) is 5.69 Å². The summed E-state index contributed by atoms with van der Waals surface area (Å²) >= 11 is 0. The standard InChI is InChI=1S/C10H15N5O/c1-7(2)11-4-9-13-10(16-14-9)8-5-15(3)6-12-8/h5-7,11H,4H2,1-3H3. The molecule has 0 fully saturated rings. The molecule has 2 rings (SSSR count). The van der Waals surface area contributed by atoms with Gasteiger partial charge in [0.25, 0.3) is 5.89 Å². The van der Waals surface area contributed by atoms with E-state index < -0.39 is 0 Å². The number of nitrogens with one attached hydrogen (secondary N) is 1. The van der Waals surface area contributed by atoms with E-state index in [-0.39, 0.29) is 0 Å². The van der Waals surface area contributed by atoms with E-state index in [0.717, 1.165) is 0 Å². The van der Waals surface area contributed by atoms with E-state index in [9.17, 15) is 0 Å². The van der Waals surface area contributed by atoms with Crippen LogP contribution in [0.1, 0.15) is 19.7 Å². The van der Waals surface area contributed by atoms with E-state index in [1.54, 1.807) is 6.33 Å². The van der Waals surface area contributed by atoms with Crippen molar-refractivity contribution in [2.24, 2.45) is 7.05 Å². The fourth-order valence-electron chi connectivity index (χ4n) is 1.25. The molecule has 86 valence electrons. The third-order valence-corrected chi connectivity index (χ3v) is 2.06. The van der Waals surface area contributed by atoms with E-state index in [4.69, 9.17) is 4.52 Å². The predicted octanol–water partition coefficient (Wildman–Crippen LogP) is 0.968. The zero-order valence-corrected chi connectivity index (χ0v) is 9.64. The highest BCUT2D eigenvalue weighted by molar-refractivity contribution is 5.44. The Kier molecular flexibility index (Phi) is 3.00. The number of hydrogen-bond acceptors (Lipinski definition) is 5. The Balaban J connectivity index is 2.07. The Labute approximate surface area is 93.7 Å². The number of imidazole rings is 1. The van der Waals surface area contributed by atoms with Gasteiger partial charge in [0, 0.05) is 19.3 Å². The molecule has 0 aromatic carbocycles. The maximum Gasteiger partial charge on any atom is 0.278 e. The molecule has 0 spiro atoms. The van der Waals surface area contributed by atoms with Crippen molar-refractivity contribution in [1.82, 2.24) is 25.0 Å². The van der Waals surface area contributed by atoms with Crippen LogP contribution < -0.4 is 5.32 Å². The summed E-state index contributed by atoms with van der Waals surface area (Å²) in [6, 6.07) is 0.400. The van der Waals surface area contributed by atoms with Crippen molar-refractivity contribution in [2.45, 2.75) is 26.4 Å². The van der Waals surface area contributed by atoms with Crippen LogP contribution in [0.15, 0.2) is 17.0 Å². The van der Waals surface area contributed by atoms with E-state index in [2.05, 4.69) is 34.3 Å². The second-order valence-electron chi connectivity index (χ2n) is 3.98. The third kappa shape index (κ3) is 2.46. The van der Waals surface area contributed by atoms with Crippen molar-refractivity contribution in [2.75, 3.05) is 0 Å². The average molecular weight is 221 g/mol. The molecule has 1 N–H and O–H groups in total. The highest BCUT2D eigenvalue weighted by Gasteiger charge is 2.10. The number of nitrogens with zero attached hydrogens (tertiary/aromatic N) is 4. The molecular formula is C10H15N5O. The zero-order chi connectivity index (χ0) is 11.5. The fourth-order valence-corrected chi connectivity index (χ4v) is 1.25. The molecule has 0 atom stereocenters. The van der Waals surface area contributed by atoms with Gasteiger partial charge in [-0.25, -0.2) is 4.98 Å². The first kappa shape index (κ1) is 10.8. The van der Waals surface area contributed by atoms with Gasteiger partial charge >= 0.3 is 0 Å². The number of hydrogen-bond donors (Lipinski definition) is 1. The molecule has 0 aliphatic carbocycles. The van der Waals surface area contributed by atoms with Gasteiger partial charge < -0.3 is 14.4 Å². The normalized spacial score (nSPS) is 11.2. The van der Waals surface area contributed by atoms with Crippen molar-refractivity contribution < 1.29 is 4.52 Å². The van der Waals surface area contributed by atoms with Crippen LogP contribution in [0, 0.1) is 0 Å². The minimum absolute atomic E-state index is 0.400. The van der Waals surface area contributed by atoms with E-state index >= 15 is 0 Å². The molecule has 0 saturated heterocycles. The van der Waals surface area contributed by atoms with Crippen LogP contribution in [0.3, 0.4) is 0 Å². The van der Waals surface area contributed by atoms with Crippen LogP contribution in [-0.4, -0.2) is 25.7 Å². The first-order valence-corrected chi connectivity index (χ1v) is 5.19. The minimum atomic E-state index is 0.400. The zero-order valence-electron chi connectivity index (χ0n) is 9.64. The largest absolute Gasteiger partial charge is 0.340 e. The Hall–Kier alpha value is -1.69. The lowest BCUT2D eigenvalue weighted by atomic mass is 10.4. The molecule has 2 aromatic heterocycles. The molecule has 0 amide bonds. The van der Waals surface area contributed by atoms with Gasteiger partial charge in [-0.15, -0.1) is 0 Å². The first-order valence-electron chi connectivity index (χ1n) is 5.19. The molecule has 0 saturated carbocycles. The van der Waals surface area contributed by atoms with E-state index in [1.165, 1.54) is 0 Å². The third-order valence-electron chi connectivity index (χ3n) is 2.06. The van der Waals surface area contributed by atoms with Gasteiger partial charge in [0.05, 0.1) is 12.9 Å². The molecule has 6 nitrogen and oxygen atoms in total. The summed E-state index contributed by atoms with van der Waals surface area (Å²) in [6.45, 7) is 4.74. The molecule has 6 heteroatoms. The smallest absolute Gasteiger partial charge is 0.278 e. The Morgan fingerprint density at radius 3 is 2.94 bits per heavy atom. The Morgan fingerprint density at radius 2 is 2.31 bits per heavy atom. The minimum Gasteiger partial charge on any atom is -0.340 e. The summed E-state index contributed by atoms with van der Waals surface area (Å²) in [7, 11) is 1.90. The number of aromatic nitrogens is 4. The van der Waals surface area contributed by atoms with Crippen LogP contribution in [0.5, 0.6) is 0 Å². The lowest BCUT2D eigenvalue weighted by molar-refractivity contribution is 0.416. The van der Waals surface area contributed by atoms with Crippen molar-refractivity contribution in [3.63, 3.8) is 0 Å². The highest BCUT2D eigenvalue weighted by Crippen LogP contribution is 2.13. The SMILES string of the molecule is CC(C)NCc1noc(-c2cn(C)cn2)n1. The summed E-state index contributed by atoms with van der Waals surface area (Å²) in [4.78, 5) is 8.39. The number of aryl methyl sites for hydroxylation is 1. The predicted molar refractivity (Wildman–Crippen MR) is 58.5 cm³/mol. The second kappa shape index (κ2) is 4.44. The average Bonchev–Trinajstić information content (AvgIpc) is 2.83. The lowest BCUT2D eigenvalue weighted by Crippen LogP contribution is -2.22. The van der Waals surface area contributed by atoms with Crippen LogP contribution in [0.2, 0.25) is 0 Å². The van der Waals surface area contributed by atoms with E-state index in [1.807, 2.05) is 17.8 Å². The maximum atomic E-state index is 5.12. The summed E-state index contributed by atoms with van der Waals surface area (Å²) in [5, 5.41) is 7.10. The second-order valence-corrected chi connectivity index (χ2v) is 3.98. The first-order chi connectivity index (χ1) is 7.65. The highest BCUT2D eigenvalue weighted by atomic mass is 16.5. The molecule has 0 unspecified atom stereocenters. The molecule has 2 aromatic rings. The van der Waals surface area contributed by atoms with Gasteiger partial charge in [-0.2, -0.15) is 4.98 Å². The van der Waals surface area contributed by atoms with Crippen molar-refractivity contribution in [3.05, 3.63) is 18.3 Å². The monoisotopic (exact) mass is 221 g/mol. The summed E-state index contributed by atoms with van der Waals surface area (Å²) in [5.41, 5.74) is 0.700. The van der Waals surface area contributed by atoms with Crippen LogP contribution in [0.25, 0.3) is 11.6 Å². The molecule has 16 heavy (non-hydrogen) atoms. The molecule has 2 heterocycles. The van der Waals surface area contributed by atoms with Crippen LogP contribution >= 0.6 is 0 Å². The van der Waals surface area contributed by atoms with Gasteiger partial charge in [0.15, 0.2) is 5.82 Å². The van der Waals surface area contributed by atoms with Crippen LogP contribution in [-0.2, 0) is 13.6 Å². The number of rotatable bonds is 4. The topological polar surface area (TPSA) is 68.8 Å². The van der Waals surface area contributed by atoms with Crippen LogP contribution in [0.4, 0.5) is 0 Å². The summed E-state index contributed by atoms with van der Waals surface area (Å²) in [6.07, 6.45) is 3.54. The summed E-state index contributed by atoms with van der Waals surface area (Å²) < 4.78 is 6.96. The van der Waals surface area contributed by atoms with Crippen molar-refractivity contribution in [1.29, 1.82) is 0 Å². The summed E-state index contributed by atoms with van der Waals surface area (Å²) in [5.74, 6) is 1.11. The van der Waals surface area contributed by atoms with Crippen molar-refractivity contribution in [3.8, 4) is 11.6 Å². The molecule has 0 aliphatic rings.